The molecule has 5 nitrogen and oxygen atoms in total. The van der Waals surface area contributed by atoms with Gasteiger partial charge in [-0.3, -0.25) is 9.69 Å². The van der Waals surface area contributed by atoms with Crippen LogP contribution in [0.2, 0.25) is 0 Å². The predicted octanol–water partition coefficient (Wildman–Crippen LogP) is 2.02. The fourth-order valence-electron chi connectivity index (χ4n) is 7.61. The number of carbonyl (C=O) groups excluding carboxylic acids is 1. The quantitative estimate of drug-likeness (QED) is 0.820. The number of hydrogen-bond acceptors (Lipinski definition) is 4. The molecular weight excluding hydrogens is 316 g/mol. The molecule has 5 atom stereocenters. The van der Waals surface area contributed by atoms with E-state index in [-0.39, 0.29) is 17.4 Å². The van der Waals surface area contributed by atoms with Crippen LogP contribution in [0.15, 0.2) is 24.3 Å². The number of carboxylic acid groups (broad SMARTS) is 1. The van der Waals surface area contributed by atoms with E-state index in [2.05, 4.69) is 16.3 Å². The first-order chi connectivity index (χ1) is 12.1. The van der Waals surface area contributed by atoms with Crippen molar-refractivity contribution in [1.82, 2.24) is 4.90 Å². The maximum absolute atomic E-state index is 13.3. The molecule has 2 aliphatic carbocycles. The predicted molar refractivity (Wildman–Crippen MR) is 91.5 cm³/mol. The Morgan fingerprint density at radius 2 is 2.08 bits per heavy atom. The summed E-state index contributed by atoms with van der Waals surface area (Å²) in [7, 11) is 0. The third kappa shape index (κ3) is 1.27. The van der Waals surface area contributed by atoms with E-state index in [4.69, 9.17) is 0 Å². The molecule has 4 fully saturated rings. The van der Waals surface area contributed by atoms with Gasteiger partial charge in [0.15, 0.2) is 0 Å². The van der Waals surface area contributed by atoms with Crippen molar-refractivity contribution in [3.8, 4) is 0 Å². The first-order valence-corrected chi connectivity index (χ1v) is 9.43. The highest BCUT2D eigenvalue weighted by atomic mass is 16.4. The second-order valence-corrected chi connectivity index (χ2v) is 8.81. The fourth-order valence-corrected chi connectivity index (χ4v) is 7.61. The Kier molecular flexibility index (Phi) is 2.34. The highest BCUT2D eigenvalue weighted by Gasteiger charge is 2.81. The van der Waals surface area contributed by atoms with Gasteiger partial charge in [0.2, 0.25) is 0 Å². The number of ketones is 1. The summed E-state index contributed by atoms with van der Waals surface area (Å²) >= 11 is 0. The molecule has 1 aromatic rings. The number of anilines is 1. The van der Waals surface area contributed by atoms with E-state index in [1.54, 1.807) is 0 Å². The van der Waals surface area contributed by atoms with Gasteiger partial charge in [0.05, 0.1) is 5.41 Å². The number of rotatable bonds is 1. The standard InChI is InChI=1S/C20H22N2O3/c23-15-10-18-6-3-9-22-11-13(15)20(16(18)22)12-4-1-2-5-14(12)21-19(20,8-7-18)17(24)25/h1-2,4-5,13,16,21H,3,6-11H2,(H,24,25)/t13-,16+,18-,19-,20+/m1/s1. The van der Waals surface area contributed by atoms with E-state index in [0.29, 0.717) is 18.6 Å². The molecule has 6 rings (SSSR count). The summed E-state index contributed by atoms with van der Waals surface area (Å²) in [6.45, 7) is 1.73. The Morgan fingerprint density at radius 1 is 1.24 bits per heavy atom. The monoisotopic (exact) mass is 338 g/mol. The number of para-hydroxylation sites is 1. The molecule has 2 N–H and O–H groups in total. The molecule has 0 aromatic heterocycles. The number of Topliss-reactive ketones (excluding diaryl/α,β-unsaturated/α-hetero) is 1. The molecule has 0 radical (unpaired) electrons. The van der Waals surface area contributed by atoms with E-state index in [0.717, 1.165) is 43.6 Å². The van der Waals surface area contributed by atoms with Gasteiger partial charge in [-0.25, -0.2) is 4.79 Å². The molecule has 25 heavy (non-hydrogen) atoms. The minimum Gasteiger partial charge on any atom is -0.479 e. The Hall–Kier alpha value is -1.88. The molecule has 4 bridgehead atoms. The summed E-state index contributed by atoms with van der Waals surface area (Å²) < 4.78 is 0. The number of hydrogen-bond donors (Lipinski definition) is 2. The molecule has 0 unspecified atom stereocenters. The first kappa shape index (κ1) is 14.3. The van der Waals surface area contributed by atoms with Gasteiger partial charge in [-0.15, -0.1) is 0 Å². The van der Waals surface area contributed by atoms with Crippen LogP contribution in [0.25, 0.3) is 0 Å². The maximum Gasteiger partial charge on any atom is 0.330 e. The second-order valence-electron chi connectivity index (χ2n) is 8.81. The number of nitrogens with one attached hydrogen (secondary N) is 1. The minimum atomic E-state index is -1.04. The van der Waals surface area contributed by atoms with Crippen molar-refractivity contribution in [2.75, 3.05) is 18.4 Å². The van der Waals surface area contributed by atoms with E-state index in [1.165, 1.54) is 0 Å². The van der Waals surface area contributed by atoms with Crippen molar-refractivity contribution in [3.63, 3.8) is 0 Å². The van der Waals surface area contributed by atoms with E-state index < -0.39 is 16.9 Å². The number of fused-ring (bicyclic) bond motifs is 1. The number of carboxylic acids is 1. The van der Waals surface area contributed by atoms with Gasteiger partial charge in [-0.2, -0.15) is 0 Å². The summed E-state index contributed by atoms with van der Waals surface area (Å²) in [6.07, 6.45) is 4.29. The number of nitrogens with zero attached hydrogens (tertiary/aromatic N) is 1. The molecule has 2 saturated carbocycles. The summed E-state index contributed by atoms with van der Waals surface area (Å²) in [5.41, 5.74) is 0.323. The molecule has 3 aliphatic heterocycles. The lowest BCUT2D eigenvalue weighted by Crippen LogP contribution is -2.75. The van der Waals surface area contributed by atoms with Crippen LogP contribution in [0, 0.1) is 11.3 Å². The fraction of sp³-hybridized carbons (Fsp3) is 0.600. The topological polar surface area (TPSA) is 69.6 Å². The maximum atomic E-state index is 13.3. The van der Waals surface area contributed by atoms with Gasteiger partial charge in [-0.1, -0.05) is 18.2 Å². The van der Waals surface area contributed by atoms with Crippen molar-refractivity contribution in [1.29, 1.82) is 0 Å². The van der Waals surface area contributed by atoms with Crippen molar-refractivity contribution < 1.29 is 14.7 Å². The van der Waals surface area contributed by atoms with Crippen molar-refractivity contribution in [2.45, 2.75) is 49.1 Å². The number of benzene rings is 1. The van der Waals surface area contributed by atoms with Gasteiger partial charge in [0.25, 0.3) is 0 Å². The molecule has 1 spiro atoms. The van der Waals surface area contributed by atoms with E-state index in [9.17, 15) is 14.7 Å². The smallest absolute Gasteiger partial charge is 0.330 e. The normalized spacial score (nSPS) is 46.3. The number of aliphatic carboxylic acids is 1. The molecule has 2 saturated heterocycles. The molecule has 1 aromatic carbocycles. The van der Waals surface area contributed by atoms with Crippen molar-refractivity contribution in [3.05, 3.63) is 29.8 Å². The lowest BCUT2D eigenvalue weighted by atomic mass is 9.41. The zero-order valence-corrected chi connectivity index (χ0v) is 14.1. The van der Waals surface area contributed by atoms with Crippen LogP contribution in [0.3, 0.4) is 0 Å². The summed E-state index contributed by atoms with van der Waals surface area (Å²) in [5, 5.41) is 13.8. The second kappa shape index (κ2) is 4.09. The van der Waals surface area contributed by atoms with Crippen LogP contribution >= 0.6 is 0 Å². The third-order valence-electron chi connectivity index (χ3n) is 8.17. The van der Waals surface area contributed by atoms with Gasteiger partial charge in [0.1, 0.15) is 11.3 Å². The lowest BCUT2D eigenvalue weighted by Gasteiger charge is -2.63. The lowest BCUT2D eigenvalue weighted by molar-refractivity contribution is -0.161. The van der Waals surface area contributed by atoms with Crippen molar-refractivity contribution in [2.24, 2.45) is 11.3 Å². The highest BCUT2D eigenvalue weighted by molar-refractivity contribution is 5.97. The van der Waals surface area contributed by atoms with Crippen LogP contribution in [-0.4, -0.2) is 46.4 Å². The van der Waals surface area contributed by atoms with Crippen molar-refractivity contribution >= 4 is 17.4 Å². The number of piperidine rings is 1. The van der Waals surface area contributed by atoms with Gasteiger partial charge < -0.3 is 10.4 Å². The number of carbonyl (C=O) groups is 2. The molecule has 5 aliphatic rings. The van der Waals surface area contributed by atoms with Gasteiger partial charge in [0, 0.05) is 30.6 Å². The van der Waals surface area contributed by atoms with Gasteiger partial charge in [-0.05, 0) is 49.3 Å². The van der Waals surface area contributed by atoms with E-state index >= 15 is 0 Å². The summed E-state index contributed by atoms with van der Waals surface area (Å²) in [5.74, 6) is -0.690. The van der Waals surface area contributed by atoms with E-state index in [1.807, 2.05) is 18.2 Å². The Morgan fingerprint density at radius 3 is 2.92 bits per heavy atom. The minimum absolute atomic E-state index is 0.0274. The SMILES string of the molecule is O=C1C[C@@]23CCCN4C[C@H]1[C@@]1(c5ccccc5N[C@@]1(C(=O)O)CC2)[C@@H]43. The Balaban J connectivity index is 1.73. The zero-order chi connectivity index (χ0) is 17.0. The van der Waals surface area contributed by atoms with Crippen LogP contribution in [0.4, 0.5) is 5.69 Å². The highest BCUT2D eigenvalue weighted by Crippen LogP contribution is 2.72. The third-order valence-corrected chi connectivity index (χ3v) is 8.17. The Bertz CT molecular complexity index is 838. The summed E-state index contributed by atoms with van der Waals surface area (Å²) in [6, 6.07) is 8.20. The average Bonchev–Trinajstić information content (AvgIpc) is 3.09. The first-order valence-electron chi connectivity index (χ1n) is 9.43. The Labute approximate surface area is 146 Å². The molecular formula is C20H22N2O3. The molecule has 5 heteroatoms. The van der Waals surface area contributed by atoms with Crippen LogP contribution in [-0.2, 0) is 15.0 Å². The molecule has 3 heterocycles. The van der Waals surface area contributed by atoms with Crippen LogP contribution < -0.4 is 5.32 Å². The molecule has 0 amide bonds. The largest absolute Gasteiger partial charge is 0.479 e. The molecule has 130 valence electrons. The summed E-state index contributed by atoms with van der Waals surface area (Å²) in [4.78, 5) is 28.4. The zero-order valence-electron chi connectivity index (χ0n) is 14.1. The van der Waals surface area contributed by atoms with Crippen LogP contribution in [0.1, 0.15) is 37.7 Å². The van der Waals surface area contributed by atoms with Gasteiger partial charge >= 0.3 is 5.97 Å². The average molecular weight is 338 g/mol. The van der Waals surface area contributed by atoms with Crippen LogP contribution in [0.5, 0.6) is 0 Å².